The van der Waals surface area contributed by atoms with Crippen molar-refractivity contribution in [3.05, 3.63) is 70.9 Å². The normalized spacial score (nSPS) is 28.9. The van der Waals surface area contributed by atoms with Crippen molar-refractivity contribution in [3.63, 3.8) is 0 Å². The van der Waals surface area contributed by atoms with Gasteiger partial charge in [0, 0.05) is 81.8 Å². The molecule has 1 saturated carbocycles. The number of methoxy groups -OCH3 is 2. The molecule has 8 rings (SSSR count). The van der Waals surface area contributed by atoms with E-state index < -0.39 is 99.8 Å². The Bertz CT molecular complexity index is 2790. The maximum absolute atomic E-state index is 15.5. The SMILES string of the molecule is CC[C@](C)(O)C[C@H]1CNCCc2c([nH]c3ccccc23)[C@@](C(=O)OC)(c2cc3c(cc2OC)N(C)[C@H]2[C@@](O)(C(=O)NNC(=O)OCCSSC[C@H](NC(=O)[C@@H](C)CC(=O)O)C(=O)O)[C@H](O)[C@]4(CC)C=CCN5CC[C@]32[C@@H]54)C1. The van der Waals surface area contributed by atoms with Gasteiger partial charge in [-0.25, -0.2) is 15.0 Å². The zero-order valence-corrected chi connectivity index (χ0v) is 46.2. The number of nitrogens with zero attached hydrogens (tertiary/aromatic N) is 2. The van der Waals surface area contributed by atoms with Crippen molar-refractivity contribution in [2.45, 2.75) is 119 Å². The molecule has 1 aromatic heterocycles. The first-order chi connectivity index (χ1) is 36.6. The molecule has 1 saturated heterocycles. The Kier molecular flexibility index (Phi) is 17.0. The van der Waals surface area contributed by atoms with E-state index in [-0.39, 0.29) is 30.5 Å². The molecule has 0 radical (unpaired) electrons. The van der Waals surface area contributed by atoms with E-state index in [0.717, 1.165) is 43.6 Å². The number of esters is 1. The molecule has 5 heterocycles. The summed E-state index contributed by atoms with van der Waals surface area (Å²) in [6.07, 6.45) is 2.97. The lowest BCUT2D eigenvalue weighted by atomic mass is 9.47. The fraction of sp³-hybridized carbons (Fsp3) is 0.593. The maximum atomic E-state index is 15.5. The second-order valence-electron chi connectivity index (χ2n) is 21.6. The molecule has 0 unspecified atom stereocenters. The minimum atomic E-state index is -2.61. The van der Waals surface area contributed by atoms with Crippen molar-refractivity contribution in [2.75, 3.05) is 70.5 Å². The predicted molar refractivity (Wildman–Crippen MR) is 289 cm³/mol. The van der Waals surface area contributed by atoms with Crippen LogP contribution in [0.4, 0.5) is 10.5 Å². The number of aromatic nitrogens is 1. The Morgan fingerprint density at radius 1 is 1.03 bits per heavy atom. The first kappa shape index (κ1) is 57.6. The molecule has 21 nitrogen and oxygen atoms in total. The Labute approximate surface area is 455 Å². The average Bonchev–Trinajstić information content (AvgIpc) is 4.27. The number of benzene rings is 2. The van der Waals surface area contributed by atoms with E-state index in [1.807, 2.05) is 74.2 Å². The minimum absolute atomic E-state index is 0.0740. The van der Waals surface area contributed by atoms with E-state index in [1.165, 1.54) is 21.1 Å². The lowest BCUT2D eigenvalue weighted by Gasteiger charge is -2.63. The number of carbonyl (C=O) groups excluding carboxylic acids is 4. The molecule has 77 heavy (non-hydrogen) atoms. The molecule has 5 aliphatic rings. The van der Waals surface area contributed by atoms with Crippen LogP contribution in [0.25, 0.3) is 10.9 Å². The summed E-state index contributed by atoms with van der Waals surface area (Å²) in [6.45, 7) is 9.03. The van der Waals surface area contributed by atoms with Crippen LogP contribution in [0.1, 0.15) is 88.6 Å². The van der Waals surface area contributed by atoms with Gasteiger partial charge >= 0.3 is 24.0 Å². The summed E-state index contributed by atoms with van der Waals surface area (Å²) in [7, 11) is 6.90. The monoisotopic (exact) mass is 1110 g/mol. The second kappa shape index (κ2) is 22.7. The molecular formula is C54H73N7O14S2. The fourth-order valence-electron chi connectivity index (χ4n) is 13.6. The van der Waals surface area contributed by atoms with Gasteiger partial charge in [-0.2, -0.15) is 0 Å². The smallest absolute Gasteiger partial charge is 0.426 e. The number of carboxylic acids is 2. The number of hydrogen-bond donors (Lipinski definition) is 10. The number of H-pyrrole nitrogens is 1. The van der Waals surface area contributed by atoms with Crippen molar-refractivity contribution in [2.24, 2.45) is 17.3 Å². The number of carbonyl (C=O) groups is 6. The lowest BCUT2D eigenvalue weighted by molar-refractivity contribution is -0.204. The molecule has 2 aromatic carbocycles. The number of aromatic amines is 1. The van der Waals surface area contributed by atoms with Crippen LogP contribution >= 0.6 is 21.6 Å². The van der Waals surface area contributed by atoms with Gasteiger partial charge in [0.15, 0.2) is 5.60 Å². The maximum Gasteiger partial charge on any atom is 0.426 e. The number of amides is 3. The predicted octanol–water partition coefficient (Wildman–Crippen LogP) is 3.36. The molecular weight excluding hydrogens is 1030 g/mol. The summed E-state index contributed by atoms with van der Waals surface area (Å²) in [5.41, 5.74) is 1.34. The molecule has 4 aliphatic heterocycles. The van der Waals surface area contributed by atoms with Crippen LogP contribution in [0.3, 0.4) is 0 Å². The number of anilines is 1. The van der Waals surface area contributed by atoms with Crippen molar-refractivity contribution in [1.82, 2.24) is 31.4 Å². The van der Waals surface area contributed by atoms with E-state index >= 15 is 9.59 Å². The third kappa shape index (κ3) is 10.0. The number of likely N-dealkylation sites (N-methyl/N-ethyl adjacent to an activating group) is 1. The van der Waals surface area contributed by atoms with E-state index in [9.17, 15) is 39.6 Å². The summed E-state index contributed by atoms with van der Waals surface area (Å²) >= 11 is 0. The molecule has 2 fully saturated rings. The Hall–Kier alpha value is -5.56. The highest BCUT2D eigenvalue weighted by Crippen LogP contribution is 2.67. The molecule has 1 spiro atoms. The van der Waals surface area contributed by atoms with Gasteiger partial charge in [0.05, 0.1) is 32.3 Å². The molecule has 1 aliphatic carbocycles. The molecule has 23 heteroatoms. The topological polar surface area (TPSA) is 302 Å². The van der Waals surface area contributed by atoms with E-state index in [4.69, 9.17) is 19.3 Å². The number of hydrogen-bond acceptors (Lipinski definition) is 17. The van der Waals surface area contributed by atoms with Crippen LogP contribution in [-0.4, -0.2) is 172 Å². The number of aliphatic hydroxyl groups is 3. The van der Waals surface area contributed by atoms with Crippen molar-refractivity contribution < 1.29 is 68.5 Å². The van der Waals surface area contributed by atoms with Gasteiger partial charge < -0.3 is 60.3 Å². The van der Waals surface area contributed by atoms with Gasteiger partial charge in [0.2, 0.25) is 5.91 Å². The van der Waals surface area contributed by atoms with Gasteiger partial charge in [-0.1, -0.05) is 72.7 Å². The lowest BCUT2D eigenvalue weighted by Crippen LogP contribution is -2.82. The van der Waals surface area contributed by atoms with Crippen molar-refractivity contribution >= 4 is 74.0 Å². The van der Waals surface area contributed by atoms with Crippen LogP contribution in [0, 0.1) is 17.3 Å². The van der Waals surface area contributed by atoms with Crippen molar-refractivity contribution in [1.29, 1.82) is 0 Å². The highest BCUT2D eigenvalue weighted by molar-refractivity contribution is 8.76. The number of aliphatic hydroxyl groups excluding tert-OH is 1. The van der Waals surface area contributed by atoms with Crippen LogP contribution in [0.15, 0.2) is 48.6 Å². The summed E-state index contributed by atoms with van der Waals surface area (Å²) in [6, 6.07) is 8.85. The fourth-order valence-corrected chi connectivity index (χ4v) is 15.6. The standard InChI is InChI=1S/C54H73N7O14S2/c1-8-50(4,71)26-31-27-53(48(69)74-7,41-33(15-18-55-28-31)32-13-10-11-14-36(32)56-41)35-24-34-38(25-39(35)73-6)60(5)45-52(34)17-20-61-19-12-16-51(9-2,44(52)61)46(67)54(45,72)47(68)58-59-49(70)75-21-22-76-77-29-37(43(65)66)57-42(64)30(3)23-40(62)63/h10-14,16,24-25,30-31,37,44-46,55-56,67,71-72H,8-9,15,17-23,26-29H2,1-7H3,(H,57,64)(H,58,68)(H,59,70)(H,62,63)(H,65,66)/t30-,31+,37-,44-,45+,46+,50-,51+,52+,53-,54-/m0/s1. The number of hydrazine groups is 1. The van der Waals surface area contributed by atoms with E-state index in [0.29, 0.717) is 81.0 Å². The highest BCUT2D eigenvalue weighted by atomic mass is 33.1. The summed E-state index contributed by atoms with van der Waals surface area (Å²) in [4.78, 5) is 86.6. The van der Waals surface area contributed by atoms with Gasteiger partial charge in [-0.15, -0.1) is 0 Å². The Morgan fingerprint density at radius 3 is 2.47 bits per heavy atom. The Balaban J connectivity index is 1.14. The largest absolute Gasteiger partial charge is 0.496 e. The zero-order chi connectivity index (χ0) is 55.8. The van der Waals surface area contributed by atoms with Gasteiger partial charge in [-0.05, 0) is 94.3 Å². The van der Waals surface area contributed by atoms with Gasteiger partial charge in [0.1, 0.15) is 29.9 Å². The number of aliphatic carboxylic acids is 2. The number of rotatable bonds is 19. The van der Waals surface area contributed by atoms with E-state index in [1.54, 1.807) is 7.05 Å². The summed E-state index contributed by atoms with van der Waals surface area (Å²) in [5, 5.41) is 63.5. The number of fused-ring (bicyclic) bond motifs is 4. The number of para-hydroxylation sites is 1. The molecule has 420 valence electrons. The molecule has 3 amide bonds. The van der Waals surface area contributed by atoms with Crippen LogP contribution in [-0.2, 0) is 50.7 Å². The number of carboxylic acid groups (broad SMARTS) is 2. The molecule has 0 bridgehead atoms. The summed E-state index contributed by atoms with van der Waals surface area (Å²) < 4.78 is 17.6. The Morgan fingerprint density at radius 2 is 1.78 bits per heavy atom. The van der Waals surface area contributed by atoms with Crippen molar-refractivity contribution in [3.8, 4) is 5.75 Å². The third-order valence-corrected chi connectivity index (χ3v) is 19.6. The minimum Gasteiger partial charge on any atom is -0.496 e. The molecule has 11 atom stereocenters. The highest BCUT2D eigenvalue weighted by Gasteiger charge is 2.79. The second-order valence-corrected chi connectivity index (χ2v) is 24.2. The van der Waals surface area contributed by atoms with Gasteiger partial charge in [0.25, 0.3) is 5.91 Å². The number of ether oxygens (including phenoxy) is 3. The quantitative estimate of drug-likeness (QED) is 0.0271. The average molecular weight is 1110 g/mol. The summed E-state index contributed by atoms with van der Waals surface area (Å²) in [5.74, 6) is -5.59. The van der Waals surface area contributed by atoms with Crippen LogP contribution < -0.4 is 31.1 Å². The van der Waals surface area contributed by atoms with Crippen LogP contribution in [0.5, 0.6) is 5.75 Å². The first-order valence-corrected chi connectivity index (χ1v) is 28.7. The number of nitrogens with one attached hydrogen (secondary N) is 5. The van der Waals surface area contributed by atoms with Gasteiger partial charge in [-0.3, -0.25) is 29.5 Å². The third-order valence-electron chi connectivity index (χ3n) is 17.2. The first-order valence-electron chi connectivity index (χ1n) is 26.2. The van der Waals surface area contributed by atoms with E-state index in [2.05, 4.69) is 31.4 Å². The van der Waals surface area contributed by atoms with Crippen LogP contribution in [0.2, 0.25) is 0 Å². The molecule has 10 N–H and O–H groups in total. The molecule has 3 aromatic rings. The zero-order valence-electron chi connectivity index (χ0n) is 44.6.